The number of rotatable bonds is 8. The van der Waals surface area contributed by atoms with Crippen LogP contribution in [0.1, 0.15) is 32.6 Å². The molecule has 0 spiro atoms. The Balaban J connectivity index is 2.65. The summed E-state index contributed by atoms with van der Waals surface area (Å²) in [4.78, 5) is 12.0. The lowest BCUT2D eigenvalue weighted by Gasteiger charge is -2.09. The molecule has 0 fully saturated rings. The number of nitrogens with zero attached hydrogens (tertiary/aromatic N) is 2. The molecule has 1 aromatic rings. The fourth-order valence-electron chi connectivity index (χ4n) is 1.52. The number of nitrogens with one attached hydrogen (secondary N) is 1. The Morgan fingerprint density at radius 2 is 2.22 bits per heavy atom. The highest BCUT2D eigenvalue weighted by atomic mass is 79.9. The van der Waals surface area contributed by atoms with Crippen molar-refractivity contribution in [1.29, 1.82) is 0 Å². The summed E-state index contributed by atoms with van der Waals surface area (Å²) < 4.78 is 2.00. The summed E-state index contributed by atoms with van der Waals surface area (Å²) >= 11 is 3.31. The fraction of sp³-hybridized carbons (Fsp3) is 0.667. The van der Waals surface area contributed by atoms with Gasteiger partial charge in [0.1, 0.15) is 4.47 Å². The molecule has 5 nitrogen and oxygen atoms in total. The van der Waals surface area contributed by atoms with Gasteiger partial charge in [-0.3, -0.25) is 4.79 Å². The second-order valence-corrected chi connectivity index (χ2v) is 4.90. The van der Waals surface area contributed by atoms with Crippen LogP contribution in [0.5, 0.6) is 0 Å². The second kappa shape index (κ2) is 8.26. The molecule has 18 heavy (non-hydrogen) atoms. The van der Waals surface area contributed by atoms with Crippen LogP contribution in [-0.2, 0) is 6.54 Å². The van der Waals surface area contributed by atoms with Crippen molar-refractivity contribution in [1.82, 2.24) is 9.78 Å². The van der Waals surface area contributed by atoms with Crippen molar-refractivity contribution in [2.45, 2.75) is 39.2 Å². The predicted molar refractivity (Wildman–Crippen MR) is 75.9 cm³/mol. The normalized spacial score (nSPS) is 10.6. The molecule has 0 aromatic carbocycles. The molecular formula is C12H20BrN3O2. The van der Waals surface area contributed by atoms with Gasteiger partial charge in [0.15, 0.2) is 0 Å². The Morgan fingerprint density at radius 1 is 1.44 bits per heavy atom. The second-order valence-electron chi connectivity index (χ2n) is 4.11. The molecule has 0 radical (unpaired) electrons. The van der Waals surface area contributed by atoms with Crippen molar-refractivity contribution in [3.63, 3.8) is 0 Å². The SMILES string of the molecule is CCCCn1ncc(NCCCCO)c(Br)c1=O. The smallest absolute Gasteiger partial charge is 0.283 e. The topological polar surface area (TPSA) is 67.2 Å². The van der Waals surface area contributed by atoms with Crippen LogP contribution < -0.4 is 10.9 Å². The largest absolute Gasteiger partial charge is 0.396 e. The summed E-state index contributed by atoms with van der Waals surface area (Å²) in [7, 11) is 0. The number of anilines is 1. The van der Waals surface area contributed by atoms with E-state index in [1.807, 2.05) is 0 Å². The molecule has 0 aliphatic rings. The molecule has 0 saturated carbocycles. The number of unbranched alkanes of at least 4 members (excludes halogenated alkanes) is 2. The van der Waals surface area contributed by atoms with E-state index in [0.717, 1.165) is 32.2 Å². The number of hydrogen-bond donors (Lipinski definition) is 2. The lowest BCUT2D eigenvalue weighted by molar-refractivity contribution is 0.286. The molecule has 2 N–H and O–H groups in total. The summed E-state index contributed by atoms with van der Waals surface area (Å²) in [5.74, 6) is 0. The minimum atomic E-state index is -0.101. The maximum absolute atomic E-state index is 12.0. The first kappa shape index (κ1) is 15.2. The molecule has 1 heterocycles. The highest BCUT2D eigenvalue weighted by Gasteiger charge is 2.07. The lowest BCUT2D eigenvalue weighted by atomic mass is 10.3. The first-order chi connectivity index (χ1) is 8.70. The van der Waals surface area contributed by atoms with Gasteiger partial charge in [0.05, 0.1) is 11.9 Å². The van der Waals surface area contributed by atoms with Gasteiger partial charge in [-0.1, -0.05) is 13.3 Å². The van der Waals surface area contributed by atoms with E-state index in [2.05, 4.69) is 33.3 Å². The maximum atomic E-state index is 12.0. The number of aromatic nitrogens is 2. The van der Waals surface area contributed by atoms with Gasteiger partial charge in [0, 0.05) is 19.7 Å². The zero-order chi connectivity index (χ0) is 13.4. The Hall–Kier alpha value is -0.880. The van der Waals surface area contributed by atoms with Gasteiger partial charge in [-0.15, -0.1) is 0 Å². The standard InChI is InChI=1S/C12H20BrN3O2/c1-2-3-7-16-12(18)11(13)10(9-15-16)14-6-4-5-8-17/h9,14,17H,2-8H2,1H3. The van der Waals surface area contributed by atoms with Crippen LogP contribution in [0, 0.1) is 0 Å². The number of aliphatic hydroxyl groups excluding tert-OH is 1. The molecule has 0 amide bonds. The molecule has 0 atom stereocenters. The third-order valence-electron chi connectivity index (χ3n) is 2.61. The van der Waals surface area contributed by atoms with Gasteiger partial charge in [-0.05, 0) is 35.2 Å². The van der Waals surface area contributed by atoms with E-state index in [1.54, 1.807) is 6.20 Å². The quantitative estimate of drug-likeness (QED) is 0.720. The molecule has 102 valence electrons. The van der Waals surface area contributed by atoms with Gasteiger partial charge >= 0.3 is 0 Å². The third kappa shape index (κ3) is 4.42. The van der Waals surface area contributed by atoms with E-state index in [-0.39, 0.29) is 12.2 Å². The maximum Gasteiger partial charge on any atom is 0.283 e. The summed E-state index contributed by atoms with van der Waals surface area (Å²) in [5.41, 5.74) is 0.612. The minimum Gasteiger partial charge on any atom is -0.396 e. The molecule has 0 aliphatic carbocycles. The average Bonchev–Trinajstić information content (AvgIpc) is 2.38. The first-order valence-electron chi connectivity index (χ1n) is 6.31. The summed E-state index contributed by atoms with van der Waals surface area (Å²) in [6.45, 7) is 3.65. The Labute approximate surface area is 115 Å². The average molecular weight is 318 g/mol. The van der Waals surface area contributed by atoms with Crippen LogP contribution in [0.3, 0.4) is 0 Å². The summed E-state index contributed by atoms with van der Waals surface area (Å²) in [6.07, 6.45) is 5.27. The van der Waals surface area contributed by atoms with Crippen molar-refractivity contribution in [3.05, 3.63) is 21.0 Å². The highest BCUT2D eigenvalue weighted by Crippen LogP contribution is 2.16. The zero-order valence-electron chi connectivity index (χ0n) is 10.7. The van der Waals surface area contributed by atoms with Crippen LogP contribution in [0.15, 0.2) is 15.5 Å². The van der Waals surface area contributed by atoms with Crippen molar-refractivity contribution < 1.29 is 5.11 Å². The van der Waals surface area contributed by atoms with Crippen LogP contribution in [0.25, 0.3) is 0 Å². The van der Waals surface area contributed by atoms with Crippen LogP contribution in [0.2, 0.25) is 0 Å². The summed E-state index contributed by atoms with van der Waals surface area (Å²) in [6, 6.07) is 0. The van der Waals surface area contributed by atoms with Crippen LogP contribution in [0.4, 0.5) is 5.69 Å². The van der Waals surface area contributed by atoms with Crippen LogP contribution in [-0.4, -0.2) is 28.0 Å². The Kier molecular flexibility index (Phi) is 6.97. The van der Waals surface area contributed by atoms with Crippen molar-refractivity contribution in [2.75, 3.05) is 18.5 Å². The van der Waals surface area contributed by atoms with E-state index < -0.39 is 0 Å². The van der Waals surface area contributed by atoms with E-state index >= 15 is 0 Å². The molecule has 1 rings (SSSR count). The van der Waals surface area contributed by atoms with Crippen molar-refractivity contribution in [2.24, 2.45) is 0 Å². The minimum absolute atomic E-state index is 0.101. The van der Waals surface area contributed by atoms with E-state index in [0.29, 0.717) is 16.7 Å². The third-order valence-corrected chi connectivity index (χ3v) is 3.38. The van der Waals surface area contributed by atoms with Crippen molar-refractivity contribution in [3.8, 4) is 0 Å². The number of halogens is 1. The molecule has 0 aliphatic heterocycles. The van der Waals surface area contributed by atoms with E-state index in [1.165, 1.54) is 4.68 Å². The number of aliphatic hydroxyl groups is 1. The molecule has 1 aromatic heterocycles. The molecule has 6 heteroatoms. The fourth-order valence-corrected chi connectivity index (χ4v) is 1.96. The Bertz CT molecular complexity index is 420. The number of aryl methyl sites for hydroxylation is 1. The lowest BCUT2D eigenvalue weighted by Crippen LogP contribution is -2.24. The molecule has 0 unspecified atom stereocenters. The monoisotopic (exact) mass is 317 g/mol. The molecular weight excluding hydrogens is 298 g/mol. The van der Waals surface area contributed by atoms with E-state index in [4.69, 9.17) is 5.11 Å². The molecule has 0 bridgehead atoms. The highest BCUT2D eigenvalue weighted by molar-refractivity contribution is 9.10. The van der Waals surface area contributed by atoms with Gasteiger partial charge in [-0.25, -0.2) is 4.68 Å². The van der Waals surface area contributed by atoms with E-state index in [9.17, 15) is 4.79 Å². The zero-order valence-corrected chi connectivity index (χ0v) is 12.2. The van der Waals surface area contributed by atoms with Gasteiger partial charge in [-0.2, -0.15) is 5.10 Å². The van der Waals surface area contributed by atoms with Gasteiger partial charge in [0.2, 0.25) is 0 Å². The van der Waals surface area contributed by atoms with Gasteiger partial charge in [0.25, 0.3) is 5.56 Å². The first-order valence-corrected chi connectivity index (χ1v) is 7.10. The molecule has 0 saturated heterocycles. The predicted octanol–water partition coefficient (Wildman–Crippen LogP) is 1.99. The van der Waals surface area contributed by atoms with Gasteiger partial charge < -0.3 is 10.4 Å². The van der Waals surface area contributed by atoms with Crippen molar-refractivity contribution >= 4 is 21.6 Å². The summed E-state index contributed by atoms with van der Waals surface area (Å²) in [5, 5.41) is 16.0. The van der Waals surface area contributed by atoms with Crippen LogP contribution >= 0.6 is 15.9 Å². The Morgan fingerprint density at radius 3 is 2.89 bits per heavy atom. The number of hydrogen-bond acceptors (Lipinski definition) is 4.